The lowest BCUT2D eigenvalue weighted by Gasteiger charge is -2.10. The van der Waals surface area contributed by atoms with E-state index in [0.29, 0.717) is 0 Å². The van der Waals surface area contributed by atoms with Crippen molar-refractivity contribution in [3.63, 3.8) is 0 Å². The monoisotopic (exact) mass is 235 g/mol. The summed E-state index contributed by atoms with van der Waals surface area (Å²) in [5.74, 6) is -1.94. The first-order valence-electron chi connectivity index (χ1n) is 4.91. The summed E-state index contributed by atoms with van der Waals surface area (Å²) in [5, 5.41) is 17.7. The van der Waals surface area contributed by atoms with Crippen LogP contribution in [0.3, 0.4) is 0 Å². The van der Waals surface area contributed by atoms with Crippen molar-refractivity contribution < 1.29 is 19.8 Å². The number of phenolic OH excluding ortho intramolecular Hbond substituents is 1. The minimum atomic E-state index is -1.36. The van der Waals surface area contributed by atoms with Crippen molar-refractivity contribution in [2.24, 2.45) is 5.73 Å². The van der Waals surface area contributed by atoms with E-state index in [4.69, 9.17) is 15.9 Å². The van der Waals surface area contributed by atoms with Gasteiger partial charge in [-0.05, 0) is 24.1 Å². The minimum absolute atomic E-state index is 0.114. The highest BCUT2D eigenvalue weighted by atomic mass is 16.4. The van der Waals surface area contributed by atoms with Crippen LogP contribution in [-0.4, -0.2) is 28.0 Å². The number of rotatable bonds is 5. The number of phenols is 1. The number of hydrogen-bond acceptors (Lipinski definition) is 4. The van der Waals surface area contributed by atoms with Crippen molar-refractivity contribution in [2.75, 3.05) is 0 Å². The molecule has 1 aromatic carbocycles. The SMILES string of the molecule is C=C(C(=O)O)C(=O)C(N)Cc1ccc(O)cc1. The van der Waals surface area contributed by atoms with Crippen molar-refractivity contribution in [3.05, 3.63) is 42.0 Å². The van der Waals surface area contributed by atoms with Crippen LogP contribution >= 0.6 is 0 Å². The highest BCUT2D eigenvalue weighted by molar-refractivity contribution is 6.18. The largest absolute Gasteiger partial charge is 0.508 e. The van der Waals surface area contributed by atoms with Crippen LogP contribution in [0.25, 0.3) is 0 Å². The molecule has 5 nitrogen and oxygen atoms in total. The second-order valence-corrected chi connectivity index (χ2v) is 3.63. The second kappa shape index (κ2) is 5.27. The number of carboxylic acids is 1. The van der Waals surface area contributed by atoms with Gasteiger partial charge in [0.1, 0.15) is 5.75 Å². The Hall–Kier alpha value is -2.14. The molecule has 17 heavy (non-hydrogen) atoms. The molecule has 0 spiro atoms. The molecule has 0 heterocycles. The van der Waals surface area contributed by atoms with Crippen LogP contribution in [0.5, 0.6) is 5.75 Å². The fraction of sp³-hybridized carbons (Fsp3) is 0.167. The zero-order valence-corrected chi connectivity index (χ0v) is 9.09. The van der Waals surface area contributed by atoms with Crippen LogP contribution in [0.2, 0.25) is 0 Å². The number of carbonyl (C=O) groups is 2. The Morgan fingerprint density at radius 2 is 1.82 bits per heavy atom. The number of aromatic hydroxyl groups is 1. The van der Waals surface area contributed by atoms with Crippen LogP contribution in [0.15, 0.2) is 36.4 Å². The Morgan fingerprint density at radius 3 is 2.29 bits per heavy atom. The molecule has 4 N–H and O–H groups in total. The van der Waals surface area contributed by atoms with Gasteiger partial charge in [0.15, 0.2) is 5.78 Å². The highest BCUT2D eigenvalue weighted by Crippen LogP contribution is 2.12. The molecule has 0 aliphatic heterocycles. The average Bonchev–Trinajstić information content (AvgIpc) is 2.30. The maximum absolute atomic E-state index is 11.5. The average molecular weight is 235 g/mol. The number of benzene rings is 1. The Balaban J connectivity index is 2.69. The van der Waals surface area contributed by atoms with E-state index in [9.17, 15) is 9.59 Å². The van der Waals surface area contributed by atoms with Crippen LogP contribution in [0.4, 0.5) is 0 Å². The summed E-state index contributed by atoms with van der Waals surface area (Å²) in [7, 11) is 0. The molecule has 0 bridgehead atoms. The standard InChI is InChI=1S/C12H13NO4/c1-7(12(16)17)11(15)10(13)6-8-2-4-9(14)5-3-8/h2-5,10,14H,1,6,13H2,(H,16,17). The minimum Gasteiger partial charge on any atom is -0.508 e. The third-order valence-electron chi connectivity index (χ3n) is 2.28. The van der Waals surface area contributed by atoms with Gasteiger partial charge in [0.2, 0.25) is 0 Å². The maximum atomic E-state index is 11.5. The molecular formula is C12H13NO4. The van der Waals surface area contributed by atoms with Gasteiger partial charge in [0.25, 0.3) is 0 Å². The van der Waals surface area contributed by atoms with Gasteiger partial charge >= 0.3 is 5.97 Å². The lowest BCUT2D eigenvalue weighted by Crippen LogP contribution is -2.35. The zero-order valence-electron chi connectivity index (χ0n) is 9.09. The predicted octanol–water partition coefficient (Wildman–Crippen LogP) is 0.472. The first-order chi connectivity index (χ1) is 7.91. The lowest BCUT2D eigenvalue weighted by atomic mass is 9.99. The van der Waals surface area contributed by atoms with Gasteiger partial charge in [-0.1, -0.05) is 18.7 Å². The molecule has 0 amide bonds. The highest BCUT2D eigenvalue weighted by Gasteiger charge is 2.21. The number of ketones is 1. The first-order valence-corrected chi connectivity index (χ1v) is 4.91. The van der Waals surface area contributed by atoms with Crippen molar-refractivity contribution in [1.82, 2.24) is 0 Å². The number of aliphatic carboxylic acids is 1. The molecule has 0 saturated carbocycles. The Kier molecular flexibility index (Phi) is 4.01. The van der Waals surface area contributed by atoms with E-state index in [1.165, 1.54) is 12.1 Å². The van der Waals surface area contributed by atoms with E-state index in [0.717, 1.165) is 5.56 Å². The molecule has 1 aromatic rings. The Bertz CT molecular complexity index is 450. The van der Waals surface area contributed by atoms with E-state index >= 15 is 0 Å². The summed E-state index contributed by atoms with van der Waals surface area (Å²) >= 11 is 0. The van der Waals surface area contributed by atoms with Gasteiger partial charge in [0.05, 0.1) is 11.6 Å². The molecule has 90 valence electrons. The van der Waals surface area contributed by atoms with Gasteiger partial charge in [0, 0.05) is 0 Å². The third kappa shape index (κ3) is 3.42. The molecule has 0 radical (unpaired) electrons. The van der Waals surface area contributed by atoms with Gasteiger partial charge in [-0.15, -0.1) is 0 Å². The molecule has 1 rings (SSSR count). The number of hydrogen-bond donors (Lipinski definition) is 3. The summed E-state index contributed by atoms with van der Waals surface area (Å²) in [6.45, 7) is 3.16. The topological polar surface area (TPSA) is 101 Å². The zero-order chi connectivity index (χ0) is 13.0. The second-order valence-electron chi connectivity index (χ2n) is 3.63. The summed E-state index contributed by atoms with van der Waals surface area (Å²) in [5.41, 5.74) is 5.81. The van der Waals surface area contributed by atoms with Crippen molar-refractivity contribution in [1.29, 1.82) is 0 Å². The third-order valence-corrected chi connectivity index (χ3v) is 2.28. The first kappa shape index (κ1) is 12.9. The summed E-state index contributed by atoms with van der Waals surface area (Å²) in [4.78, 5) is 22.0. The van der Waals surface area contributed by atoms with Gasteiger partial charge in [-0.2, -0.15) is 0 Å². The molecule has 1 atom stereocenters. The molecule has 0 aliphatic carbocycles. The van der Waals surface area contributed by atoms with Crippen molar-refractivity contribution in [2.45, 2.75) is 12.5 Å². The number of nitrogens with two attached hydrogens (primary N) is 1. The van der Waals surface area contributed by atoms with Crippen LogP contribution in [0.1, 0.15) is 5.56 Å². The quantitative estimate of drug-likeness (QED) is 0.391. The molecule has 0 aromatic heterocycles. The fourth-order valence-corrected chi connectivity index (χ4v) is 1.31. The molecule has 1 unspecified atom stereocenters. The van der Waals surface area contributed by atoms with Crippen LogP contribution in [-0.2, 0) is 16.0 Å². The van der Waals surface area contributed by atoms with Crippen molar-refractivity contribution in [3.8, 4) is 5.75 Å². The summed E-state index contributed by atoms with van der Waals surface area (Å²) in [6, 6.07) is 5.23. The van der Waals surface area contributed by atoms with E-state index in [2.05, 4.69) is 6.58 Å². The van der Waals surface area contributed by atoms with Gasteiger partial charge in [-0.3, -0.25) is 4.79 Å². The maximum Gasteiger partial charge on any atom is 0.338 e. The van der Waals surface area contributed by atoms with Crippen molar-refractivity contribution >= 4 is 11.8 Å². The van der Waals surface area contributed by atoms with E-state index < -0.39 is 23.4 Å². The normalized spacial score (nSPS) is 11.8. The number of carboxylic acid groups (broad SMARTS) is 1. The predicted molar refractivity (Wildman–Crippen MR) is 61.6 cm³/mol. The molecule has 0 aliphatic rings. The van der Waals surface area contributed by atoms with Crippen LogP contribution in [0, 0.1) is 0 Å². The van der Waals surface area contributed by atoms with Gasteiger partial charge in [-0.25, -0.2) is 4.79 Å². The number of carbonyl (C=O) groups excluding carboxylic acids is 1. The fourth-order valence-electron chi connectivity index (χ4n) is 1.31. The molecular weight excluding hydrogens is 222 g/mol. The molecule has 0 saturated heterocycles. The molecule has 5 heteroatoms. The van der Waals surface area contributed by atoms with E-state index in [-0.39, 0.29) is 12.2 Å². The summed E-state index contributed by atoms with van der Waals surface area (Å²) < 4.78 is 0. The van der Waals surface area contributed by atoms with E-state index in [1.807, 2.05) is 0 Å². The smallest absolute Gasteiger partial charge is 0.338 e. The van der Waals surface area contributed by atoms with Crippen LogP contribution < -0.4 is 5.73 Å². The van der Waals surface area contributed by atoms with Gasteiger partial charge < -0.3 is 15.9 Å². The Morgan fingerprint density at radius 1 is 1.29 bits per heavy atom. The summed E-state index contributed by atoms with van der Waals surface area (Å²) in [6.07, 6.45) is 0.200. The van der Waals surface area contributed by atoms with E-state index in [1.54, 1.807) is 12.1 Å². The lowest BCUT2D eigenvalue weighted by molar-refractivity contribution is -0.134. The number of Topliss-reactive ketones (excluding diaryl/α,β-unsaturated/α-hetero) is 1. The Labute approximate surface area is 98.2 Å². The molecule has 0 fully saturated rings.